The van der Waals surface area contributed by atoms with Crippen LogP contribution < -0.4 is 15.5 Å². The molecular formula is C21H21N3O5. The predicted octanol–water partition coefficient (Wildman–Crippen LogP) is 2.57. The Morgan fingerprint density at radius 2 is 1.72 bits per heavy atom. The minimum absolute atomic E-state index is 0.0272. The van der Waals surface area contributed by atoms with Gasteiger partial charge in [0.1, 0.15) is 0 Å². The molecule has 0 spiro atoms. The van der Waals surface area contributed by atoms with Crippen LogP contribution in [-0.4, -0.2) is 36.8 Å². The summed E-state index contributed by atoms with van der Waals surface area (Å²) in [5.41, 5.74) is 2.04. The Hall–Kier alpha value is -3.68. The van der Waals surface area contributed by atoms with Gasteiger partial charge in [-0.2, -0.15) is 0 Å². The van der Waals surface area contributed by atoms with E-state index in [1.807, 2.05) is 0 Å². The van der Waals surface area contributed by atoms with Gasteiger partial charge in [0.2, 0.25) is 11.8 Å². The Kier molecular flexibility index (Phi) is 6.23. The zero-order valence-corrected chi connectivity index (χ0v) is 15.9. The molecule has 150 valence electrons. The second kappa shape index (κ2) is 9.01. The molecule has 0 atom stereocenters. The summed E-state index contributed by atoms with van der Waals surface area (Å²) in [5.74, 6) is -1.29. The molecule has 1 fully saturated rings. The van der Waals surface area contributed by atoms with Crippen molar-refractivity contribution >= 4 is 40.8 Å². The lowest BCUT2D eigenvalue weighted by atomic mass is 10.2. The van der Waals surface area contributed by atoms with Crippen LogP contribution in [0.4, 0.5) is 17.1 Å². The first-order valence-electron chi connectivity index (χ1n) is 9.17. The van der Waals surface area contributed by atoms with E-state index in [0.29, 0.717) is 30.0 Å². The lowest BCUT2D eigenvalue weighted by molar-refractivity contribution is -0.119. The number of ether oxygens (including phenoxy) is 1. The predicted molar refractivity (Wildman–Crippen MR) is 108 cm³/mol. The number of hydrogen-bond donors (Lipinski definition) is 2. The van der Waals surface area contributed by atoms with Gasteiger partial charge in [-0.3, -0.25) is 14.4 Å². The first-order chi connectivity index (χ1) is 13.9. The van der Waals surface area contributed by atoms with Crippen molar-refractivity contribution in [2.24, 2.45) is 0 Å². The van der Waals surface area contributed by atoms with Crippen molar-refractivity contribution in [2.75, 3.05) is 28.7 Å². The number of nitrogens with one attached hydrogen (secondary N) is 2. The van der Waals surface area contributed by atoms with E-state index in [1.165, 1.54) is 6.92 Å². The monoisotopic (exact) mass is 395 g/mol. The number of rotatable bonds is 6. The topological polar surface area (TPSA) is 105 Å². The summed E-state index contributed by atoms with van der Waals surface area (Å²) < 4.78 is 5.07. The van der Waals surface area contributed by atoms with Crippen LogP contribution in [0.15, 0.2) is 48.5 Å². The van der Waals surface area contributed by atoms with E-state index >= 15 is 0 Å². The molecule has 3 rings (SSSR count). The SMILES string of the molecule is CC(=O)Nc1ccc(NC(=O)COC(=O)c2cccc(N3CCCC3=O)c2)cc1. The van der Waals surface area contributed by atoms with Crippen molar-refractivity contribution in [3.05, 3.63) is 54.1 Å². The van der Waals surface area contributed by atoms with Crippen LogP contribution >= 0.6 is 0 Å². The Morgan fingerprint density at radius 3 is 2.34 bits per heavy atom. The van der Waals surface area contributed by atoms with E-state index in [9.17, 15) is 19.2 Å². The van der Waals surface area contributed by atoms with Crippen LogP contribution in [0.5, 0.6) is 0 Å². The van der Waals surface area contributed by atoms with Gasteiger partial charge in [0.25, 0.3) is 5.91 Å². The fourth-order valence-corrected chi connectivity index (χ4v) is 2.97. The maximum Gasteiger partial charge on any atom is 0.338 e. The molecule has 3 amide bonds. The van der Waals surface area contributed by atoms with Crippen LogP contribution in [0, 0.1) is 0 Å². The van der Waals surface area contributed by atoms with Crippen LogP contribution in [0.25, 0.3) is 0 Å². The van der Waals surface area contributed by atoms with Gasteiger partial charge < -0.3 is 20.3 Å². The van der Waals surface area contributed by atoms with Crippen LogP contribution in [0.3, 0.4) is 0 Å². The highest BCUT2D eigenvalue weighted by molar-refractivity contribution is 5.99. The molecule has 2 N–H and O–H groups in total. The third-order valence-corrected chi connectivity index (χ3v) is 4.29. The summed E-state index contributed by atoms with van der Waals surface area (Å²) in [6.07, 6.45) is 1.29. The number of esters is 1. The Morgan fingerprint density at radius 1 is 1.03 bits per heavy atom. The largest absolute Gasteiger partial charge is 0.452 e. The normalized spacial score (nSPS) is 13.1. The van der Waals surface area contributed by atoms with Crippen LogP contribution in [-0.2, 0) is 19.1 Å². The average molecular weight is 395 g/mol. The summed E-state index contributed by atoms with van der Waals surface area (Å²) in [4.78, 5) is 48.8. The molecule has 0 saturated carbocycles. The van der Waals surface area contributed by atoms with Gasteiger partial charge >= 0.3 is 5.97 Å². The molecule has 0 aliphatic carbocycles. The van der Waals surface area contributed by atoms with Gasteiger partial charge in [-0.25, -0.2) is 4.79 Å². The molecule has 0 bridgehead atoms. The number of carbonyl (C=O) groups excluding carboxylic acids is 4. The molecule has 8 heteroatoms. The molecule has 1 aliphatic rings. The molecule has 1 saturated heterocycles. The second-order valence-electron chi connectivity index (χ2n) is 6.58. The number of carbonyl (C=O) groups is 4. The Balaban J connectivity index is 1.53. The molecular weight excluding hydrogens is 374 g/mol. The minimum atomic E-state index is -0.644. The smallest absolute Gasteiger partial charge is 0.338 e. The highest BCUT2D eigenvalue weighted by Gasteiger charge is 2.22. The molecule has 1 aliphatic heterocycles. The molecule has 1 heterocycles. The quantitative estimate of drug-likeness (QED) is 0.732. The van der Waals surface area contributed by atoms with Crippen molar-refractivity contribution in [3.63, 3.8) is 0 Å². The molecule has 0 unspecified atom stereocenters. The number of anilines is 3. The second-order valence-corrected chi connectivity index (χ2v) is 6.58. The van der Waals surface area contributed by atoms with Crippen molar-refractivity contribution in [2.45, 2.75) is 19.8 Å². The van der Waals surface area contributed by atoms with E-state index in [2.05, 4.69) is 10.6 Å². The first-order valence-corrected chi connectivity index (χ1v) is 9.17. The van der Waals surface area contributed by atoms with E-state index in [4.69, 9.17) is 4.74 Å². The van der Waals surface area contributed by atoms with Crippen molar-refractivity contribution in [1.82, 2.24) is 0 Å². The van der Waals surface area contributed by atoms with E-state index in [0.717, 1.165) is 6.42 Å². The van der Waals surface area contributed by atoms with Crippen molar-refractivity contribution in [3.8, 4) is 0 Å². The first kappa shape index (κ1) is 20.1. The lowest BCUT2D eigenvalue weighted by Gasteiger charge is -2.16. The average Bonchev–Trinajstić information content (AvgIpc) is 3.13. The highest BCUT2D eigenvalue weighted by Crippen LogP contribution is 2.22. The maximum atomic E-state index is 12.3. The van der Waals surface area contributed by atoms with Crippen LogP contribution in [0.2, 0.25) is 0 Å². The number of benzene rings is 2. The molecule has 29 heavy (non-hydrogen) atoms. The van der Waals surface area contributed by atoms with Gasteiger partial charge in [-0.1, -0.05) is 6.07 Å². The molecule has 0 radical (unpaired) electrons. The molecule has 8 nitrogen and oxygen atoms in total. The molecule has 2 aromatic carbocycles. The van der Waals surface area contributed by atoms with Crippen molar-refractivity contribution in [1.29, 1.82) is 0 Å². The standard InChI is InChI=1S/C21H21N3O5/c1-14(25)22-16-7-9-17(10-8-16)23-19(26)13-29-21(28)15-4-2-5-18(12-15)24-11-3-6-20(24)27/h2,4-5,7-10,12H,3,6,11,13H2,1H3,(H,22,25)(H,23,26). The van der Waals surface area contributed by atoms with Gasteiger partial charge in [-0.05, 0) is 48.9 Å². The number of nitrogens with zero attached hydrogens (tertiary/aromatic N) is 1. The van der Waals surface area contributed by atoms with E-state index < -0.39 is 18.5 Å². The van der Waals surface area contributed by atoms with E-state index in [1.54, 1.807) is 53.4 Å². The van der Waals surface area contributed by atoms with Crippen molar-refractivity contribution < 1.29 is 23.9 Å². The summed E-state index contributed by atoms with van der Waals surface area (Å²) in [5, 5.41) is 5.23. The minimum Gasteiger partial charge on any atom is -0.452 e. The summed E-state index contributed by atoms with van der Waals surface area (Å²) in [6.45, 7) is 1.59. The van der Waals surface area contributed by atoms with Crippen LogP contribution in [0.1, 0.15) is 30.1 Å². The number of hydrogen-bond acceptors (Lipinski definition) is 5. The van der Waals surface area contributed by atoms with Gasteiger partial charge in [-0.15, -0.1) is 0 Å². The third kappa shape index (κ3) is 5.41. The van der Waals surface area contributed by atoms with Gasteiger partial charge in [0, 0.05) is 37.0 Å². The van der Waals surface area contributed by atoms with Gasteiger partial charge in [0.15, 0.2) is 6.61 Å². The third-order valence-electron chi connectivity index (χ3n) is 4.29. The zero-order chi connectivity index (χ0) is 20.8. The molecule has 2 aromatic rings. The highest BCUT2D eigenvalue weighted by atomic mass is 16.5. The fraction of sp³-hybridized carbons (Fsp3) is 0.238. The number of amides is 3. The summed E-state index contributed by atoms with van der Waals surface area (Å²) >= 11 is 0. The van der Waals surface area contributed by atoms with E-state index in [-0.39, 0.29) is 17.4 Å². The fourth-order valence-electron chi connectivity index (χ4n) is 2.97. The summed E-state index contributed by atoms with van der Waals surface area (Å²) in [6, 6.07) is 13.1. The lowest BCUT2D eigenvalue weighted by Crippen LogP contribution is -2.24. The van der Waals surface area contributed by atoms with Gasteiger partial charge in [0.05, 0.1) is 5.56 Å². The molecule has 0 aromatic heterocycles. The zero-order valence-electron chi connectivity index (χ0n) is 15.9. The Labute approximate surface area is 167 Å². The summed E-state index contributed by atoms with van der Waals surface area (Å²) in [7, 11) is 0. The Bertz CT molecular complexity index is 940. The maximum absolute atomic E-state index is 12.3.